The lowest BCUT2D eigenvalue weighted by atomic mass is 10.3. The first-order valence-corrected chi connectivity index (χ1v) is 6.33. The molecule has 0 bridgehead atoms. The van der Waals surface area contributed by atoms with E-state index in [2.05, 4.69) is 20.6 Å². The molecule has 20 heavy (non-hydrogen) atoms. The third kappa shape index (κ3) is 3.65. The number of aromatic amines is 1. The number of anilines is 1. The largest absolute Gasteiger partial charge is 0.477 e. The quantitative estimate of drug-likeness (QED) is 0.665. The van der Waals surface area contributed by atoms with E-state index in [4.69, 9.17) is 5.11 Å². The molecule has 2 rings (SSSR count). The van der Waals surface area contributed by atoms with Crippen LogP contribution < -0.4 is 15.5 Å². The number of carboxylic acid groups (broad SMARTS) is 1. The summed E-state index contributed by atoms with van der Waals surface area (Å²) in [6, 6.07) is 2.23. The number of carboxylic acids is 1. The number of aromatic nitrogens is 2. The Labute approximate surface area is 116 Å². The van der Waals surface area contributed by atoms with E-state index in [0.29, 0.717) is 11.4 Å². The number of aromatic carboxylic acids is 1. The highest BCUT2D eigenvalue weighted by Crippen LogP contribution is 2.06. The first-order valence-electron chi connectivity index (χ1n) is 5.45. The van der Waals surface area contributed by atoms with E-state index in [1.165, 1.54) is 18.3 Å². The fourth-order valence-corrected chi connectivity index (χ4v) is 1.93. The van der Waals surface area contributed by atoms with Crippen molar-refractivity contribution in [2.45, 2.75) is 6.54 Å². The number of urea groups is 1. The number of H-pyrrole nitrogens is 1. The maximum absolute atomic E-state index is 11.6. The summed E-state index contributed by atoms with van der Waals surface area (Å²) in [4.78, 5) is 39.1. The van der Waals surface area contributed by atoms with Crippen molar-refractivity contribution in [2.75, 3.05) is 5.32 Å². The third-order valence-corrected chi connectivity index (χ3v) is 2.97. The summed E-state index contributed by atoms with van der Waals surface area (Å²) in [5.74, 6) is -1.14. The van der Waals surface area contributed by atoms with E-state index < -0.39 is 12.0 Å². The molecule has 0 saturated carbocycles. The Hall–Kier alpha value is -2.68. The van der Waals surface area contributed by atoms with Crippen molar-refractivity contribution in [2.24, 2.45) is 0 Å². The van der Waals surface area contributed by atoms with Crippen LogP contribution in [0.1, 0.15) is 16.2 Å². The average Bonchev–Trinajstić information content (AvgIpc) is 2.83. The second-order valence-corrected chi connectivity index (χ2v) is 4.56. The highest BCUT2D eigenvalue weighted by atomic mass is 32.1. The van der Waals surface area contributed by atoms with E-state index >= 15 is 0 Å². The monoisotopic (exact) mass is 294 g/mol. The number of pyridine rings is 1. The van der Waals surface area contributed by atoms with Crippen LogP contribution in [0.5, 0.6) is 0 Å². The van der Waals surface area contributed by atoms with Crippen LogP contribution in [0.2, 0.25) is 0 Å². The normalized spacial score (nSPS) is 10.0. The van der Waals surface area contributed by atoms with Gasteiger partial charge in [-0.3, -0.25) is 4.79 Å². The average molecular weight is 294 g/mol. The molecule has 0 unspecified atom stereocenters. The number of amides is 2. The van der Waals surface area contributed by atoms with Gasteiger partial charge in [0.05, 0.1) is 18.4 Å². The van der Waals surface area contributed by atoms with Crippen molar-refractivity contribution in [3.05, 3.63) is 44.8 Å². The van der Waals surface area contributed by atoms with Crippen molar-refractivity contribution >= 4 is 29.0 Å². The lowest BCUT2D eigenvalue weighted by molar-refractivity contribution is 0.0690. The van der Waals surface area contributed by atoms with Crippen molar-refractivity contribution in [1.82, 2.24) is 15.3 Å². The maximum atomic E-state index is 11.6. The van der Waals surface area contributed by atoms with Crippen LogP contribution in [0.25, 0.3) is 0 Å². The first-order chi connectivity index (χ1) is 9.54. The van der Waals surface area contributed by atoms with Crippen LogP contribution in [0.4, 0.5) is 10.5 Å². The van der Waals surface area contributed by atoms with Crippen LogP contribution >= 0.6 is 11.3 Å². The number of thiazole rings is 1. The molecule has 0 spiro atoms. The van der Waals surface area contributed by atoms with Crippen molar-refractivity contribution in [3.8, 4) is 0 Å². The van der Waals surface area contributed by atoms with Gasteiger partial charge in [-0.05, 0) is 12.1 Å². The van der Waals surface area contributed by atoms with E-state index in [-0.39, 0.29) is 17.1 Å². The minimum Gasteiger partial charge on any atom is -0.477 e. The Bertz CT molecular complexity index is 676. The third-order valence-electron chi connectivity index (χ3n) is 2.25. The van der Waals surface area contributed by atoms with Gasteiger partial charge in [0.1, 0.15) is 5.69 Å². The van der Waals surface area contributed by atoms with Crippen molar-refractivity contribution < 1.29 is 14.7 Å². The molecule has 2 aromatic rings. The lowest BCUT2D eigenvalue weighted by Crippen LogP contribution is -2.28. The first kappa shape index (κ1) is 13.7. The Morgan fingerprint density at radius 2 is 2.20 bits per heavy atom. The molecule has 104 valence electrons. The zero-order chi connectivity index (χ0) is 14.5. The summed E-state index contributed by atoms with van der Waals surface area (Å²) in [6.07, 6.45) is 1.25. The molecule has 2 heterocycles. The molecule has 4 N–H and O–H groups in total. The van der Waals surface area contributed by atoms with Gasteiger partial charge in [-0.25, -0.2) is 14.6 Å². The fraction of sp³-hybridized carbons (Fsp3) is 0.0909. The zero-order valence-corrected chi connectivity index (χ0v) is 10.9. The molecular formula is C11H10N4O4S. The standard InChI is InChI=1S/C11H10N4O4S/c16-9(17)8-2-1-6(3-12-8)14-10(18)13-4-7-5-20-11(19)15-7/h1-3,5H,4H2,(H,15,19)(H,16,17)(H2,13,14,18). The molecule has 0 atom stereocenters. The Kier molecular flexibility index (Phi) is 4.11. The number of hydrogen-bond acceptors (Lipinski definition) is 5. The summed E-state index contributed by atoms with van der Waals surface area (Å²) in [7, 11) is 0. The summed E-state index contributed by atoms with van der Waals surface area (Å²) in [6.45, 7) is 0.186. The molecule has 0 aliphatic heterocycles. The number of nitrogens with zero attached hydrogens (tertiary/aromatic N) is 1. The number of carbonyl (C=O) groups is 2. The molecule has 0 radical (unpaired) electrons. The highest BCUT2D eigenvalue weighted by molar-refractivity contribution is 7.07. The SMILES string of the molecule is O=C(NCc1csc(=O)[nH]1)Nc1ccc(C(=O)O)nc1. The predicted molar refractivity (Wildman–Crippen MR) is 72.0 cm³/mol. The lowest BCUT2D eigenvalue weighted by Gasteiger charge is -2.06. The minimum absolute atomic E-state index is 0.105. The molecule has 9 heteroatoms. The number of hydrogen-bond donors (Lipinski definition) is 4. The van der Waals surface area contributed by atoms with Crippen LogP contribution in [0, 0.1) is 0 Å². The van der Waals surface area contributed by atoms with E-state index in [9.17, 15) is 14.4 Å². The summed E-state index contributed by atoms with van der Waals surface area (Å²) in [5, 5.41) is 15.3. The van der Waals surface area contributed by atoms with Crippen molar-refractivity contribution in [3.63, 3.8) is 0 Å². The zero-order valence-electron chi connectivity index (χ0n) is 10.0. The van der Waals surface area contributed by atoms with Crippen LogP contribution in [-0.2, 0) is 6.54 Å². The molecule has 0 saturated heterocycles. The Morgan fingerprint density at radius 3 is 2.75 bits per heavy atom. The number of nitrogens with one attached hydrogen (secondary N) is 3. The predicted octanol–water partition coefficient (Wildman–Crippen LogP) is 0.851. The molecule has 0 fully saturated rings. The molecule has 0 aromatic carbocycles. The van der Waals surface area contributed by atoms with E-state index in [1.54, 1.807) is 5.38 Å². The Balaban J connectivity index is 1.87. The van der Waals surface area contributed by atoms with Gasteiger partial charge < -0.3 is 20.7 Å². The van der Waals surface area contributed by atoms with Gasteiger partial charge in [0.15, 0.2) is 0 Å². The van der Waals surface area contributed by atoms with E-state index in [1.807, 2.05) is 0 Å². The van der Waals surface area contributed by atoms with Gasteiger partial charge in [0, 0.05) is 11.1 Å². The van der Waals surface area contributed by atoms with Crippen LogP contribution in [-0.4, -0.2) is 27.1 Å². The molecule has 0 aliphatic carbocycles. The molecule has 0 aliphatic rings. The fourth-order valence-electron chi connectivity index (χ4n) is 1.35. The van der Waals surface area contributed by atoms with Crippen molar-refractivity contribution in [1.29, 1.82) is 0 Å². The van der Waals surface area contributed by atoms with Gasteiger partial charge >= 0.3 is 16.9 Å². The van der Waals surface area contributed by atoms with Crippen LogP contribution in [0.15, 0.2) is 28.5 Å². The minimum atomic E-state index is -1.14. The molecule has 2 amide bonds. The molecule has 2 aromatic heterocycles. The number of carbonyl (C=O) groups excluding carboxylic acids is 1. The summed E-state index contributed by atoms with van der Waals surface area (Å²) < 4.78 is 0. The topological polar surface area (TPSA) is 124 Å². The maximum Gasteiger partial charge on any atom is 0.354 e. The van der Waals surface area contributed by atoms with Gasteiger partial charge in [0.2, 0.25) is 0 Å². The second kappa shape index (κ2) is 5.97. The smallest absolute Gasteiger partial charge is 0.354 e. The van der Waals surface area contributed by atoms with Gasteiger partial charge in [-0.15, -0.1) is 0 Å². The van der Waals surface area contributed by atoms with Gasteiger partial charge in [-0.2, -0.15) is 0 Å². The summed E-state index contributed by atoms with van der Waals surface area (Å²) >= 11 is 1.02. The van der Waals surface area contributed by atoms with Gasteiger partial charge in [-0.1, -0.05) is 11.3 Å². The summed E-state index contributed by atoms with van der Waals surface area (Å²) in [5.41, 5.74) is 0.868. The Morgan fingerprint density at radius 1 is 1.40 bits per heavy atom. The van der Waals surface area contributed by atoms with Crippen LogP contribution in [0.3, 0.4) is 0 Å². The second-order valence-electron chi connectivity index (χ2n) is 3.72. The van der Waals surface area contributed by atoms with Gasteiger partial charge in [0.25, 0.3) is 0 Å². The molecular weight excluding hydrogens is 284 g/mol. The molecule has 8 nitrogen and oxygen atoms in total. The van der Waals surface area contributed by atoms with E-state index in [0.717, 1.165) is 11.3 Å². The highest BCUT2D eigenvalue weighted by Gasteiger charge is 2.06. The number of rotatable bonds is 4.